The van der Waals surface area contributed by atoms with Crippen molar-refractivity contribution in [2.45, 2.75) is 6.42 Å². The van der Waals surface area contributed by atoms with E-state index in [-0.39, 0.29) is 11.7 Å². The Bertz CT molecular complexity index is 1340. The van der Waals surface area contributed by atoms with Crippen molar-refractivity contribution >= 4 is 40.4 Å². The molecule has 1 N–H and O–H groups in total. The monoisotopic (exact) mass is 518 g/mol. The number of anilines is 1. The van der Waals surface area contributed by atoms with Crippen molar-refractivity contribution in [3.63, 3.8) is 0 Å². The molecule has 1 aromatic heterocycles. The average Bonchev–Trinajstić information content (AvgIpc) is 3.47. The molecule has 192 valence electrons. The second kappa shape index (κ2) is 11.9. The summed E-state index contributed by atoms with van der Waals surface area (Å²) >= 11 is 1.36. The summed E-state index contributed by atoms with van der Waals surface area (Å²) in [5.41, 5.74) is 3.64. The first-order valence-corrected chi connectivity index (χ1v) is 12.7. The van der Waals surface area contributed by atoms with Gasteiger partial charge in [0.1, 0.15) is 17.2 Å². The maximum Gasteiger partial charge on any atom is 0.265 e. The lowest BCUT2D eigenvalue weighted by Crippen LogP contribution is -2.24. The number of methoxy groups -OCH3 is 3. The first kappa shape index (κ1) is 26.2. The van der Waals surface area contributed by atoms with Crippen molar-refractivity contribution < 1.29 is 23.8 Å². The molecule has 2 heterocycles. The van der Waals surface area contributed by atoms with Crippen LogP contribution in [0.25, 0.3) is 11.6 Å². The zero-order valence-corrected chi connectivity index (χ0v) is 22.2. The largest absolute Gasteiger partial charge is 0.496 e. The van der Waals surface area contributed by atoms with Crippen molar-refractivity contribution in [3.05, 3.63) is 81.6 Å². The quantitative estimate of drug-likeness (QED) is 0.292. The number of thiophene rings is 1. The molecule has 3 aromatic rings. The zero-order chi connectivity index (χ0) is 26.4. The van der Waals surface area contributed by atoms with Gasteiger partial charge in [0.2, 0.25) is 0 Å². The third-order valence-corrected chi connectivity index (χ3v) is 7.04. The maximum absolute atomic E-state index is 13.1. The van der Waals surface area contributed by atoms with Gasteiger partial charge in [0.15, 0.2) is 5.78 Å². The van der Waals surface area contributed by atoms with Crippen molar-refractivity contribution in [1.29, 1.82) is 0 Å². The Morgan fingerprint density at radius 2 is 1.84 bits per heavy atom. The highest BCUT2D eigenvalue weighted by molar-refractivity contribution is 7.12. The Kier molecular flexibility index (Phi) is 8.43. The molecule has 7 nitrogen and oxygen atoms in total. The predicted octanol–water partition coefficient (Wildman–Crippen LogP) is 5.64. The molecule has 0 atom stereocenters. The van der Waals surface area contributed by atoms with Crippen LogP contribution in [0, 0.1) is 0 Å². The molecule has 2 aromatic carbocycles. The summed E-state index contributed by atoms with van der Waals surface area (Å²) < 4.78 is 17.2. The van der Waals surface area contributed by atoms with Gasteiger partial charge in [0.05, 0.1) is 37.3 Å². The molecule has 8 heteroatoms. The van der Waals surface area contributed by atoms with Crippen molar-refractivity contribution in [2.75, 3.05) is 46.8 Å². The molecule has 0 saturated carbocycles. The van der Waals surface area contributed by atoms with Gasteiger partial charge < -0.3 is 24.4 Å². The number of amides is 1. The molecular weight excluding hydrogens is 488 g/mol. The first-order valence-electron chi connectivity index (χ1n) is 11.8. The van der Waals surface area contributed by atoms with Crippen molar-refractivity contribution in [3.8, 4) is 17.2 Å². The van der Waals surface area contributed by atoms with Crippen LogP contribution in [-0.2, 0) is 0 Å². The maximum atomic E-state index is 13.1. The Morgan fingerprint density at radius 1 is 1.03 bits per heavy atom. The molecule has 1 aliphatic heterocycles. The third kappa shape index (κ3) is 5.93. The molecule has 0 aliphatic carbocycles. The van der Waals surface area contributed by atoms with Crippen LogP contribution in [0.15, 0.2) is 60.0 Å². The summed E-state index contributed by atoms with van der Waals surface area (Å²) in [7, 11) is 6.88. The van der Waals surface area contributed by atoms with E-state index in [1.165, 1.54) is 17.4 Å². The van der Waals surface area contributed by atoms with Crippen LogP contribution < -0.4 is 19.5 Å². The standard InChI is InChI=1S/C29H30N2O5S/c1-31-14-12-19(13-15-31)27-25(35-3)18-24(34-2)22(28(27)36-4)10-11-23(32)20-7-5-8-21(17-20)30-29(33)26-9-6-16-37-26/h5-12,16-18H,13-15H2,1-4H3,(H,30,33)/b11-10+. The van der Waals surface area contributed by atoms with Crippen LogP contribution in [0.1, 0.15) is 37.6 Å². The van der Waals surface area contributed by atoms with Gasteiger partial charge in [0, 0.05) is 30.4 Å². The fourth-order valence-electron chi connectivity index (χ4n) is 4.23. The fourth-order valence-corrected chi connectivity index (χ4v) is 4.85. The summed E-state index contributed by atoms with van der Waals surface area (Å²) in [6.07, 6.45) is 6.21. The molecule has 1 aliphatic rings. The number of hydrogen-bond donors (Lipinski definition) is 1. The molecule has 0 fully saturated rings. The van der Waals surface area contributed by atoms with E-state index in [1.54, 1.807) is 57.7 Å². The molecule has 0 saturated heterocycles. The van der Waals surface area contributed by atoms with Gasteiger partial charge in [-0.1, -0.05) is 24.3 Å². The van der Waals surface area contributed by atoms with Crippen LogP contribution in [0.4, 0.5) is 5.69 Å². The number of nitrogens with zero attached hydrogens (tertiary/aromatic N) is 1. The van der Waals surface area contributed by atoms with E-state index in [0.29, 0.717) is 38.9 Å². The van der Waals surface area contributed by atoms with E-state index in [0.717, 1.165) is 30.6 Å². The lowest BCUT2D eigenvalue weighted by atomic mass is 9.94. The Labute approximate surface area is 221 Å². The molecule has 0 bridgehead atoms. The molecular formula is C29H30N2O5S. The number of carbonyl (C=O) groups excluding carboxylic acids is 2. The second-order valence-corrected chi connectivity index (χ2v) is 9.50. The van der Waals surface area contributed by atoms with E-state index < -0.39 is 0 Å². The van der Waals surface area contributed by atoms with Crippen LogP contribution >= 0.6 is 11.3 Å². The van der Waals surface area contributed by atoms with Crippen LogP contribution in [0.2, 0.25) is 0 Å². The number of ketones is 1. The molecule has 1 amide bonds. The van der Waals surface area contributed by atoms with Crippen LogP contribution in [0.5, 0.6) is 17.2 Å². The van der Waals surface area contributed by atoms with Gasteiger partial charge >= 0.3 is 0 Å². The van der Waals surface area contributed by atoms with E-state index >= 15 is 0 Å². The number of nitrogens with one attached hydrogen (secondary N) is 1. The minimum absolute atomic E-state index is 0.210. The van der Waals surface area contributed by atoms with E-state index in [4.69, 9.17) is 14.2 Å². The highest BCUT2D eigenvalue weighted by Crippen LogP contribution is 2.45. The van der Waals surface area contributed by atoms with Gasteiger partial charge in [-0.3, -0.25) is 9.59 Å². The third-order valence-electron chi connectivity index (χ3n) is 6.17. The van der Waals surface area contributed by atoms with Crippen LogP contribution in [0.3, 0.4) is 0 Å². The van der Waals surface area contributed by atoms with Gasteiger partial charge in [-0.05, 0) is 54.8 Å². The average molecular weight is 519 g/mol. The summed E-state index contributed by atoms with van der Waals surface area (Å²) in [5, 5.41) is 4.68. The number of benzene rings is 2. The topological polar surface area (TPSA) is 77.1 Å². The Hall–Kier alpha value is -3.88. The number of rotatable bonds is 9. The smallest absolute Gasteiger partial charge is 0.265 e. The van der Waals surface area contributed by atoms with E-state index in [1.807, 2.05) is 17.5 Å². The summed E-state index contributed by atoms with van der Waals surface area (Å²) in [4.78, 5) is 28.3. The van der Waals surface area contributed by atoms with E-state index in [2.05, 4.69) is 23.3 Å². The summed E-state index contributed by atoms with van der Waals surface area (Å²) in [6, 6.07) is 12.3. The van der Waals surface area contributed by atoms with Crippen molar-refractivity contribution in [2.24, 2.45) is 0 Å². The lowest BCUT2D eigenvalue weighted by Gasteiger charge is -2.25. The van der Waals surface area contributed by atoms with Gasteiger partial charge in [-0.2, -0.15) is 0 Å². The molecule has 0 spiro atoms. The highest BCUT2D eigenvalue weighted by Gasteiger charge is 2.23. The van der Waals surface area contributed by atoms with Gasteiger partial charge in [0.25, 0.3) is 5.91 Å². The second-order valence-electron chi connectivity index (χ2n) is 8.55. The van der Waals surface area contributed by atoms with E-state index in [9.17, 15) is 9.59 Å². The normalized spacial score (nSPS) is 13.8. The lowest BCUT2D eigenvalue weighted by molar-refractivity contribution is 0.102. The minimum Gasteiger partial charge on any atom is -0.496 e. The number of hydrogen-bond acceptors (Lipinski definition) is 7. The summed E-state index contributed by atoms with van der Waals surface area (Å²) in [5.74, 6) is 1.35. The highest BCUT2D eigenvalue weighted by atomic mass is 32.1. The van der Waals surface area contributed by atoms with Gasteiger partial charge in [-0.25, -0.2) is 0 Å². The predicted molar refractivity (Wildman–Crippen MR) is 148 cm³/mol. The van der Waals surface area contributed by atoms with Gasteiger partial charge in [-0.15, -0.1) is 11.3 Å². The zero-order valence-electron chi connectivity index (χ0n) is 21.4. The van der Waals surface area contributed by atoms with Crippen LogP contribution in [-0.4, -0.2) is 58.1 Å². The first-order chi connectivity index (χ1) is 17.9. The molecule has 0 unspecified atom stereocenters. The van der Waals surface area contributed by atoms with Crippen molar-refractivity contribution in [1.82, 2.24) is 4.90 Å². The summed E-state index contributed by atoms with van der Waals surface area (Å²) in [6.45, 7) is 1.75. The molecule has 37 heavy (non-hydrogen) atoms. The Morgan fingerprint density at radius 3 is 2.49 bits per heavy atom. The number of ether oxygens (including phenoxy) is 3. The SMILES string of the molecule is COc1cc(OC)c(C2=CCN(C)CC2)c(OC)c1/C=C/C(=O)c1cccc(NC(=O)c2cccs2)c1. The minimum atomic E-state index is -0.216. The molecule has 4 rings (SSSR count). The number of likely N-dealkylation sites (N-methyl/N-ethyl adjacent to an activating group) is 1. The number of carbonyl (C=O) groups is 2. The molecule has 0 radical (unpaired) electrons. The fraction of sp³-hybridized carbons (Fsp3) is 0.241. The Balaban J connectivity index is 1.65. The number of allylic oxidation sites excluding steroid dienone is 1.